The first-order valence-corrected chi connectivity index (χ1v) is 6.37. The number of carbonyl (C=O) groups is 1. The van der Waals surface area contributed by atoms with Crippen molar-refractivity contribution < 1.29 is 17.9 Å². The summed E-state index contributed by atoms with van der Waals surface area (Å²) in [4.78, 5) is 11.2. The van der Waals surface area contributed by atoms with Crippen LogP contribution < -0.4 is 4.72 Å². The molecule has 6 heteroatoms. The van der Waals surface area contributed by atoms with Crippen molar-refractivity contribution in [1.29, 1.82) is 0 Å². The van der Waals surface area contributed by atoms with Crippen molar-refractivity contribution in [3.63, 3.8) is 0 Å². The van der Waals surface area contributed by atoms with Crippen LogP contribution in [0, 0.1) is 0 Å². The molecule has 1 N–H and O–H groups in total. The first-order chi connectivity index (χ1) is 7.97. The minimum atomic E-state index is -3.84. The molecule has 1 aromatic rings. The Labute approximate surface area is 99.1 Å². The molecule has 0 saturated carbocycles. The van der Waals surface area contributed by atoms with Gasteiger partial charge >= 0.3 is 5.97 Å². The summed E-state index contributed by atoms with van der Waals surface area (Å²) in [7, 11) is -2.69. The van der Waals surface area contributed by atoms with Crippen molar-refractivity contribution in [1.82, 2.24) is 0 Å². The summed E-state index contributed by atoms with van der Waals surface area (Å²) in [6.07, 6.45) is 0. The third-order valence-electron chi connectivity index (χ3n) is 2.56. The molecule has 0 amide bonds. The van der Waals surface area contributed by atoms with Crippen molar-refractivity contribution in [3.05, 3.63) is 34.7 Å². The fourth-order valence-electron chi connectivity index (χ4n) is 1.77. The summed E-state index contributed by atoms with van der Waals surface area (Å²) < 4.78 is 30.6. The molecule has 0 unspecified atom stereocenters. The van der Waals surface area contributed by atoms with Gasteiger partial charge < -0.3 is 4.74 Å². The van der Waals surface area contributed by atoms with Gasteiger partial charge in [-0.05, 0) is 18.6 Å². The quantitative estimate of drug-likeness (QED) is 0.767. The number of esters is 1. The number of rotatable bonds is 1. The Morgan fingerprint density at radius 3 is 2.59 bits per heavy atom. The number of carbonyl (C=O) groups excluding carboxylic acids is 1. The molecule has 0 saturated heterocycles. The van der Waals surface area contributed by atoms with E-state index < -0.39 is 16.0 Å². The maximum Gasteiger partial charge on any atom is 0.351 e. The van der Waals surface area contributed by atoms with Crippen LogP contribution in [-0.4, -0.2) is 21.5 Å². The van der Waals surface area contributed by atoms with Gasteiger partial charge in [0.25, 0.3) is 10.0 Å². The molecule has 1 heterocycles. The van der Waals surface area contributed by atoms with Gasteiger partial charge in [0, 0.05) is 5.56 Å². The lowest BCUT2D eigenvalue weighted by molar-refractivity contribution is -0.135. The molecule has 0 aromatic heterocycles. The van der Waals surface area contributed by atoms with E-state index >= 15 is 0 Å². The maximum atomic E-state index is 11.9. The molecule has 1 aliphatic rings. The summed E-state index contributed by atoms with van der Waals surface area (Å²) in [5.74, 6) is -0.857. The Kier molecular flexibility index (Phi) is 2.66. The number of para-hydroxylation sites is 1. The van der Waals surface area contributed by atoms with Gasteiger partial charge in [-0.1, -0.05) is 18.2 Å². The second-order valence-corrected chi connectivity index (χ2v) is 5.22. The Morgan fingerprint density at radius 2 is 1.94 bits per heavy atom. The number of benzene rings is 1. The lowest BCUT2D eigenvalue weighted by atomic mass is 10.1. The highest BCUT2D eigenvalue weighted by Crippen LogP contribution is 2.34. The monoisotopic (exact) mass is 253 g/mol. The summed E-state index contributed by atoms with van der Waals surface area (Å²) >= 11 is 0. The van der Waals surface area contributed by atoms with Gasteiger partial charge in [-0.25, -0.2) is 13.2 Å². The van der Waals surface area contributed by atoms with Gasteiger partial charge in [0.2, 0.25) is 0 Å². The minimum absolute atomic E-state index is 0.335. The second-order valence-electron chi connectivity index (χ2n) is 3.60. The van der Waals surface area contributed by atoms with E-state index in [1.165, 1.54) is 0 Å². The number of hydrogen-bond donors (Lipinski definition) is 1. The van der Waals surface area contributed by atoms with E-state index in [0.717, 1.165) is 7.11 Å². The molecule has 0 spiro atoms. The third-order valence-corrected chi connectivity index (χ3v) is 4.05. The van der Waals surface area contributed by atoms with Crippen LogP contribution >= 0.6 is 0 Å². The normalized spacial score (nSPS) is 17.1. The van der Waals surface area contributed by atoms with Gasteiger partial charge in [-0.3, -0.25) is 4.72 Å². The van der Waals surface area contributed by atoms with Crippen LogP contribution in [0.15, 0.2) is 29.2 Å². The molecule has 2 rings (SSSR count). The Morgan fingerprint density at radius 1 is 1.29 bits per heavy atom. The number of sulfonamides is 1. The van der Waals surface area contributed by atoms with Crippen LogP contribution in [0.25, 0.3) is 5.57 Å². The average molecular weight is 253 g/mol. The Bertz CT molecular complexity index is 616. The lowest BCUT2D eigenvalue weighted by Gasteiger charge is -2.21. The first kappa shape index (κ1) is 11.7. The fraction of sp³-hybridized carbons (Fsp3) is 0.182. The van der Waals surface area contributed by atoms with Crippen molar-refractivity contribution in [2.45, 2.75) is 6.92 Å². The second kappa shape index (κ2) is 3.89. The molecule has 1 aliphatic heterocycles. The zero-order chi connectivity index (χ0) is 12.6. The van der Waals surface area contributed by atoms with Crippen LogP contribution in [0.2, 0.25) is 0 Å². The number of hydrogen-bond acceptors (Lipinski definition) is 4. The van der Waals surface area contributed by atoms with Crippen molar-refractivity contribution in [2.24, 2.45) is 0 Å². The van der Waals surface area contributed by atoms with E-state index in [1.54, 1.807) is 31.2 Å². The van der Waals surface area contributed by atoms with Gasteiger partial charge in [0.15, 0.2) is 4.91 Å². The van der Waals surface area contributed by atoms with Gasteiger partial charge in [-0.15, -0.1) is 0 Å². The molecule has 5 nitrogen and oxygen atoms in total. The predicted octanol–water partition coefficient (Wildman–Crippen LogP) is 1.35. The largest absolute Gasteiger partial charge is 0.465 e. The summed E-state index contributed by atoms with van der Waals surface area (Å²) in [6, 6.07) is 6.88. The summed E-state index contributed by atoms with van der Waals surface area (Å²) in [5.41, 5.74) is 1.55. The molecule has 17 heavy (non-hydrogen) atoms. The zero-order valence-electron chi connectivity index (χ0n) is 9.35. The van der Waals surface area contributed by atoms with Crippen LogP contribution in [-0.2, 0) is 19.6 Å². The molecule has 0 fully saturated rings. The number of anilines is 1. The molecular formula is C11H11NO4S. The van der Waals surface area contributed by atoms with Crippen LogP contribution in [0.5, 0.6) is 0 Å². The van der Waals surface area contributed by atoms with E-state index in [0.29, 0.717) is 16.8 Å². The van der Waals surface area contributed by atoms with Gasteiger partial charge in [0.05, 0.1) is 12.8 Å². The summed E-state index contributed by atoms with van der Waals surface area (Å²) in [6.45, 7) is 1.59. The zero-order valence-corrected chi connectivity index (χ0v) is 10.2. The predicted molar refractivity (Wildman–Crippen MR) is 63.6 cm³/mol. The molecule has 1 aromatic carbocycles. The van der Waals surface area contributed by atoms with Crippen LogP contribution in [0.3, 0.4) is 0 Å². The molecule has 0 aliphatic carbocycles. The van der Waals surface area contributed by atoms with E-state index in [1.807, 2.05) is 0 Å². The number of methoxy groups -OCH3 is 1. The first-order valence-electron chi connectivity index (χ1n) is 4.89. The minimum Gasteiger partial charge on any atom is -0.465 e. The topological polar surface area (TPSA) is 72.5 Å². The van der Waals surface area contributed by atoms with E-state index in [2.05, 4.69) is 9.46 Å². The maximum absolute atomic E-state index is 11.9. The molecule has 0 radical (unpaired) electrons. The lowest BCUT2D eigenvalue weighted by Crippen LogP contribution is -2.26. The molecule has 0 atom stereocenters. The summed E-state index contributed by atoms with van der Waals surface area (Å²) in [5, 5.41) is 0. The van der Waals surface area contributed by atoms with E-state index in [-0.39, 0.29) is 4.91 Å². The number of allylic oxidation sites excluding steroid dienone is 1. The fourth-order valence-corrected chi connectivity index (χ4v) is 3.16. The van der Waals surface area contributed by atoms with Crippen molar-refractivity contribution >= 4 is 27.3 Å². The third kappa shape index (κ3) is 1.80. The highest BCUT2D eigenvalue weighted by molar-refractivity contribution is 7.97. The number of ether oxygens (including phenoxy) is 1. The standard InChI is InChI=1S/C11H11NO4S/c1-7-8-5-3-4-6-9(8)12-17(14,15)10(7)11(13)16-2/h3-6,12H,1-2H3. The highest BCUT2D eigenvalue weighted by Gasteiger charge is 2.33. The molecular weight excluding hydrogens is 242 g/mol. The van der Waals surface area contributed by atoms with Crippen molar-refractivity contribution in [3.8, 4) is 0 Å². The molecule has 90 valence electrons. The van der Waals surface area contributed by atoms with Gasteiger partial charge in [0.1, 0.15) is 0 Å². The van der Waals surface area contributed by atoms with Crippen LogP contribution in [0.4, 0.5) is 5.69 Å². The number of nitrogens with one attached hydrogen (secondary N) is 1. The van der Waals surface area contributed by atoms with Crippen molar-refractivity contribution in [2.75, 3.05) is 11.8 Å². The Hall–Kier alpha value is -1.82. The van der Waals surface area contributed by atoms with E-state index in [9.17, 15) is 13.2 Å². The number of fused-ring (bicyclic) bond motifs is 1. The van der Waals surface area contributed by atoms with E-state index in [4.69, 9.17) is 0 Å². The smallest absolute Gasteiger partial charge is 0.351 e. The Balaban J connectivity index is 2.74. The highest BCUT2D eigenvalue weighted by atomic mass is 32.2. The average Bonchev–Trinajstić information content (AvgIpc) is 2.27. The van der Waals surface area contributed by atoms with Gasteiger partial charge in [-0.2, -0.15) is 0 Å². The molecule has 0 bridgehead atoms. The SMILES string of the molecule is COC(=O)C1=C(C)c2ccccc2NS1(=O)=O. The van der Waals surface area contributed by atoms with Crippen LogP contribution in [0.1, 0.15) is 12.5 Å².